The van der Waals surface area contributed by atoms with Gasteiger partial charge in [0, 0.05) is 18.7 Å². The largest absolute Gasteiger partial charge is 0.383 e. The molecule has 0 aliphatic rings. The number of primary amides is 1. The predicted octanol–water partition coefficient (Wildman–Crippen LogP) is 1.36. The van der Waals surface area contributed by atoms with Gasteiger partial charge in [0.15, 0.2) is 0 Å². The van der Waals surface area contributed by atoms with E-state index >= 15 is 0 Å². The number of amides is 1. The minimum Gasteiger partial charge on any atom is -0.383 e. The van der Waals surface area contributed by atoms with Crippen LogP contribution in [-0.2, 0) is 16.0 Å². The number of nitrogens with one attached hydrogen (secondary N) is 1. The zero-order valence-corrected chi connectivity index (χ0v) is 11.5. The predicted molar refractivity (Wildman–Crippen MR) is 72.6 cm³/mol. The Kier molecular flexibility index (Phi) is 5.59. The molecule has 0 bridgehead atoms. The van der Waals surface area contributed by atoms with E-state index in [1.807, 2.05) is 12.1 Å². The van der Waals surface area contributed by atoms with Crippen molar-refractivity contribution in [1.82, 2.24) is 5.32 Å². The molecule has 0 saturated heterocycles. The van der Waals surface area contributed by atoms with E-state index < -0.39 is 5.54 Å². The van der Waals surface area contributed by atoms with Crippen LogP contribution in [0.15, 0.2) is 24.3 Å². The number of carbonyl (C=O) groups is 1. The highest BCUT2D eigenvalue weighted by Crippen LogP contribution is 2.16. The first kappa shape index (κ1) is 15.0. The average Bonchev–Trinajstić information content (AvgIpc) is 2.32. The average molecular weight is 271 g/mol. The summed E-state index contributed by atoms with van der Waals surface area (Å²) < 4.78 is 4.95. The first-order valence-electron chi connectivity index (χ1n) is 5.76. The fourth-order valence-corrected chi connectivity index (χ4v) is 1.80. The molecule has 0 fully saturated rings. The van der Waals surface area contributed by atoms with Crippen molar-refractivity contribution in [3.05, 3.63) is 34.9 Å². The van der Waals surface area contributed by atoms with E-state index in [1.165, 1.54) is 0 Å². The van der Waals surface area contributed by atoms with Crippen LogP contribution in [0.2, 0.25) is 5.02 Å². The number of methoxy groups -OCH3 is 1. The van der Waals surface area contributed by atoms with Crippen LogP contribution in [0.25, 0.3) is 0 Å². The highest BCUT2D eigenvalue weighted by Gasteiger charge is 2.30. The van der Waals surface area contributed by atoms with Crippen molar-refractivity contribution in [1.29, 1.82) is 0 Å². The van der Waals surface area contributed by atoms with E-state index in [-0.39, 0.29) is 5.91 Å². The summed E-state index contributed by atoms with van der Waals surface area (Å²) in [5.41, 5.74) is 5.68. The number of rotatable bonds is 7. The molecule has 3 N–H and O–H groups in total. The van der Waals surface area contributed by atoms with Crippen LogP contribution in [0.3, 0.4) is 0 Å². The topological polar surface area (TPSA) is 64.3 Å². The van der Waals surface area contributed by atoms with Gasteiger partial charge in [-0.1, -0.05) is 23.7 Å². The third-order valence-corrected chi connectivity index (χ3v) is 3.09. The molecule has 0 aliphatic heterocycles. The summed E-state index contributed by atoms with van der Waals surface area (Å²) in [6.07, 6.45) is 0.517. The first-order valence-corrected chi connectivity index (χ1v) is 6.14. The lowest BCUT2D eigenvalue weighted by molar-refractivity contribution is -0.123. The molecule has 0 radical (unpaired) electrons. The van der Waals surface area contributed by atoms with Gasteiger partial charge >= 0.3 is 0 Å². The highest BCUT2D eigenvalue weighted by molar-refractivity contribution is 6.30. The third-order valence-electron chi connectivity index (χ3n) is 2.84. The molecule has 1 rings (SSSR count). The third kappa shape index (κ3) is 4.29. The minimum absolute atomic E-state index is 0.381. The summed E-state index contributed by atoms with van der Waals surface area (Å²) in [5.74, 6) is -0.381. The number of hydrogen-bond acceptors (Lipinski definition) is 3. The summed E-state index contributed by atoms with van der Waals surface area (Å²) >= 11 is 5.82. The van der Waals surface area contributed by atoms with Gasteiger partial charge in [-0.05, 0) is 31.0 Å². The van der Waals surface area contributed by atoms with Crippen LogP contribution in [0, 0.1) is 0 Å². The van der Waals surface area contributed by atoms with Crippen molar-refractivity contribution in [2.45, 2.75) is 18.9 Å². The number of halogens is 1. The van der Waals surface area contributed by atoms with Crippen molar-refractivity contribution in [3.8, 4) is 0 Å². The Balaban J connectivity index is 2.72. The Morgan fingerprint density at radius 3 is 2.56 bits per heavy atom. The molecule has 5 heteroatoms. The minimum atomic E-state index is -0.785. The molecule has 0 aromatic heterocycles. The SMILES string of the molecule is COCCNC(C)(Cc1ccc(Cl)cc1)C(N)=O. The van der Waals surface area contributed by atoms with E-state index in [1.54, 1.807) is 26.2 Å². The summed E-state index contributed by atoms with van der Waals surface area (Å²) in [7, 11) is 1.61. The fourth-order valence-electron chi connectivity index (χ4n) is 1.68. The van der Waals surface area contributed by atoms with Gasteiger partial charge in [-0.25, -0.2) is 0 Å². The second-order valence-electron chi connectivity index (χ2n) is 4.42. The first-order chi connectivity index (χ1) is 8.48. The summed E-state index contributed by atoms with van der Waals surface area (Å²) in [6.45, 7) is 2.90. The molecule has 0 heterocycles. The van der Waals surface area contributed by atoms with Gasteiger partial charge in [0.1, 0.15) is 0 Å². The van der Waals surface area contributed by atoms with E-state index in [0.29, 0.717) is 24.6 Å². The molecule has 1 aromatic rings. The maximum atomic E-state index is 11.6. The lowest BCUT2D eigenvalue weighted by atomic mass is 9.92. The number of ether oxygens (including phenoxy) is 1. The van der Waals surface area contributed by atoms with Crippen LogP contribution in [0.4, 0.5) is 0 Å². The van der Waals surface area contributed by atoms with Crippen molar-refractivity contribution >= 4 is 17.5 Å². The Labute approximate surface area is 112 Å². The number of nitrogens with two attached hydrogens (primary N) is 1. The standard InChI is InChI=1S/C13H19ClN2O2/c1-13(12(15)17,16-7-8-18-2)9-10-3-5-11(14)6-4-10/h3-6,16H,7-9H2,1-2H3,(H2,15,17). The van der Waals surface area contributed by atoms with Crippen LogP contribution in [-0.4, -0.2) is 31.7 Å². The zero-order valence-electron chi connectivity index (χ0n) is 10.7. The number of carbonyl (C=O) groups excluding carboxylic acids is 1. The Hall–Kier alpha value is -1.10. The summed E-state index contributed by atoms with van der Waals surface area (Å²) in [4.78, 5) is 11.6. The van der Waals surface area contributed by atoms with Gasteiger partial charge in [0.2, 0.25) is 5.91 Å². The summed E-state index contributed by atoms with van der Waals surface area (Å²) in [6, 6.07) is 7.38. The van der Waals surface area contributed by atoms with Gasteiger partial charge in [0.05, 0.1) is 12.1 Å². The molecular weight excluding hydrogens is 252 g/mol. The van der Waals surface area contributed by atoms with Crippen LogP contribution in [0.5, 0.6) is 0 Å². The maximum absolute atomic E-state index is 11.6. The van der Waals surface area contributed by atoms with E-state index in [2.05, 4.69) is 5.32 Å². The van der Waals surface area contributed by atoms with Crippen molar-refractivity contribution < 1.29 is 9.53 Å². The van der Waals surface area contributed by atoms with Crippen molar-refractivity contribution in [2.24, 2.45) is 5.73 Å². The zero-order chi connectivity index (χ0) is 13.6. The quantitative estimate of drug-likeness (QED) is 0.736. The smallest absolute Gasteiger partial charge is 0.237 e. The second kappa shape index (κ2) is 6.73. The van der Waals surface area contributed by atoms with Crippen LogP contribution >= 0.6 is 11.6 Å². The Bertz CT molecular complexity index is 394. The van der Waals surface area contributed by atoms with Crippen LogP contribution < -0.4 is 11.1 Å². The molecule has 0 aliphatic carbocycles. The van der Waals surface area contributed by atoms with Crippen LogP contribution in [0.1, 0.15) is 12.5 Å². The molecule has 0 saturated carbocycles. The van der Waals surface area contributed by atoms with E-state index in [0.717, 1.165) is 5.56 Å². The summed E-state index contributed by atoms with van der Waals surface area (Å²) in [5, 5.41) is 3.80. The van der Waals surface area contributed by atoms with Crippen molar-refractivity contribution in [3.63, 3.8) is 0 Å². The van der Waals surface area contributed by atoms with E-state index in [4.69, 9.17) is 22.1 Å². The number of hydrogen-bond donors (Lipinski definition) is 2. The molecule has 1 atom stereocenters. The van der Waals surface area contributed by atoms with Gasteiger partial charge in [0.25, 0.3) is 0 Å². The van der Waals surface area contributed by atoms with Gasteiger partial charge < -0.3 is 15.8 Å². The van der Waals surface area contributed by atoms with Crippen molar-refractivity contribution in [2.75, 3.05) is 20.3 Å². The normalized spacial score (nSPS) is 14.2. The van der Waals surface area contributed by atoms with E-state index in [9.17, 15) is 4.79 Å². The molecule has 18 heavy (non-hydrogen) atoms. The second-order valence-corrected chi connectivity index (χ2v) is 4.86. The van der Waals surface area contributed by atoms with Gasteiger partial charge in [-0.15, -0.1) is 0 Å². The fraction of sp³-hybridized carbons (Fsp3) is 0.462. The lowest BCUT2D eigenvalue weighted by Gasteiger charge is -2.27. The van der Waals surface area contributed by atoms with Gasteiger partial charge in [-0.3, -0.25) is 4.79 Å². The Morgan fingerprint density at radius 2 is 2.06 bits per heavy atom. The van der Waals surface area contributed by atoms with Gasteiger partial charge in [-0.2, -0.15) is 0 Å². The highest BCUT2D eigenvalue weighted by atomic mass is 35.5. The lowest BCUT2D eigenvalue weighted by Crippen LogP contribution is -2.55. The molecular formula is C13H19ClN2O2. The monoisotopic (exact) mass is 270 g/mol. The molecule has 100 valence electrons. The molecule has 4 nitrogen and oxygen atoms in total. The molecule has 1 amide bonds. The number of benzene rings is 1. The molecule has 1 aromatic carbocycles. The molecule has 0 spiro atoms. The molecule has 1 unspecified atom stereocenters. The Morgan fingerprint density at radius 1 is 1.44 bits per heavy atom. The maximum Gasteiger partial charge on any atom is 0.237 e.